The van der Waals surface area contributed by atoms with E-state index in [1.807, 2.05) is 37.3 Å². The summed E-state index contributed by atoms with van der Waals surface area (Å²) in [5, 5.41) is 3.26. The molecule has 0 radical (unpaired) electrons. The number of hydrogen-bond donors (Lipinski definition) is 2. The lowest BCUT2D eigenvalue weighted by Gasteiger charge is -2.15. The summed E-state index contributed by atoms with van der Waals surface area (Å²) in [5.41, 5.74) is 4.02. The summed E-state index contributed by atoms with van der Waals surface area (Å²) in [6.07, 6.45) is -1.00. The predicted octanol–water partition coefficient (Wildman–Crippen LogP) is 5.38. The molecule has 1 atom stereocenters. The molecule has 0 spiro atoms. The fraction of sp³-hybridized carbons (Fsp3) is 0.125. The maximum absolute atomic E-state index is 12.9. The predicted molar refractivity (Wildman–Crippen MR) is 121 cm³/mol. The van der Waals surface area contributed by atoms with Gasteiger partial charge in [-0.25, -0.2) is 9.78 Å². The maximum Gasteiger partial charge on any atom is 0.339 e. The highest BCUT2D eigenvalue weighted by molar-refractivity contribution is 6.31. The number of aromatic nitrogens is 2. The lowest BCUT2D eigenvalue weighted by Crippen LogP contribution is -2.30. The summed E-state index contributed by atoms with van der Waals surface area (Å²) >= 11 is 6.10. The van der Waals surface area contributed by atoms with E-state index in [4.69, 9.17) is 16.3 Å². The number of nitrogens with zero attached hydrogens (tertiary/aromatic N) is 1. The van der Waals surface area contributed by atoms with Gasteiger partial charge in [-0.3, -0.25) is 4.79 Å². The molecule has 0 bridgehead atoms. The minimum Gasteiger partial charge on any atom is -0.449 e. The van der Waals surface area contributed by atoms with E-state index in [1.165, 1.54) is 6.92 Å². The van der Waals surface area contributed by atoms with E-state index in [1.54, 1.807) is 36.4 Å². The van der Waals surface area contributed by atoms with Gasteiger partial charge in [0.2, 0.25) is 0 Å². The van der Waals surface area contributed by atoms with Crippen LogP contribution in [0.2, 0.25) is 5.02 Å². The number of halogens is 1. The summed E-state index contributed by atoms with van der Waals surface area (Å²) in [6.45, 7) is 3.39. The van der Waals surface area contributed by atoms with E-state index in [9.17, 15) is 9.59 Å². The summed E-state index contributed by atoms with van der Waals surface area (Å²) in [6, 6.07) is 19.8. The summed E-state index contributed by atoms with van der Waals surface area (Å²) in [4.78, 5) is 33.1. The fourth-order valence-corrected chi connectivity index (χ4v) is 3.32. The zero-order valence-corrected chi connectivity index (χ0v) is 17.7. The molecule has 156 valence electrons. The molecule has 6 nitrogen and oxygen atoms in total. The van der Waals surface area contributed by atoms with Crippen LogP contribution in [0.15, 0.2) is 66.7 Å². The molecule has 4 aromatic rings. The summed E-state index contributed by atoms with van der Waals surface area (Å²) in [7, 11) is 0. The highest BCUT2D eigenvalue weighted by Gasteiger charge is 2.22. The Morgan fingerprint density at radius 3 is 2.58 bits per heavy atom. The molecule has 4 rings (SSSR count). The largest absolute Gasteiger partial charge is 0.449 e. The second-order valence-corrected chi connectivity index (χ2v) is 7.56. The second-order valence-electron chi connectivity index (χ2n) is 7.15. The van der Waals surface area contributed by atoms with Crippen molar-refractivity contribution in [1.82, 2.24) is 9.97 Å². The van der Waals surface area contributed by atoms with Crippen molar-refractivity contribution >= 4 is 40.2 Å². The Morgan fingerprint density at radius 2 is 1.81 bits per heavy atom. The van der Waals surface area contributed by atoms with E-state index in [0.717, 1.165) is 16.6 Å². The number of rotatable bonds is 5. The van der Waals surface area contributed by atoms with Crippen LogP contribution in [-0.2, 0) is 9.53 Å². The van der Waals surface area contributed by atoms with Crippen LogP contribution < -0.4 is 5.32 Å². The van der Waals surface area contributed by atoms with Crippen LogP contribution >= 0.6 is 11.6 Å². The Kier molecular flexibility index (Phi) is 5.73. The molecule has 0 aliphatic heterocycles. The molecular weight excluding hydrogens is 414 g/mol. The smallest absolute Gasteiger partial charge is 0.339 e. The van der Waals surface area contributed by atoms with Crippen LogP contribution in [0.25, 0.3) is 22.4 Å². The molecule has 3 aromatic carbocycles. The van der Waals surface area contributed by atoms with Gasteiger partial charge in [0.15, 0.2) is 6.10 Å². The third kappa shape index (κ3) is 4.44. The fourth-order valence-electron chi connectivity index (χ4n) is 3.14. The topological polar surface area (TPSA) is 84.1 Å². The van der Waals surface area contributed by atoms with Crippen molar-refractivity contribution in [1.29, 1.82) is 0 Å². The normalized spacial score (nSPS) is 11.8. The van der Waals surface area contributed by atoms with E-state index in [2.05, 4.69) is 15.3 Å². The lowest BCUT2D eigenvalue weighted by atomic mass is 10.1. The minimum absolute atomic E-state index is 0.319. The van der Waals surface area contributed by atoms with Crippen LogP contribution in [0.3, 0.4) is 0 Å². The summed E-state index contributed by atoms with van der Waals surface area (Å²) < 4.78 is 5.43. The number of ether oxygens (including phenoxy) is 1. The molecule has 0 fully saturated rings. The van der Waals surface area contributed by atoms with Gasteiger partial charge in [0.05, 0.1) is 16.6 Å². The van der Waals surface area contributed by atoms with Gasteiger partial charge in [-0.1, -0.05) is 48.0 Å². The molecule has 31 heavy (non-hydrogen) atoms. The second kappa shape index (κ2) is 8.62. The number of para-hydroxylation sites is 2. The number of fused-ring (bicyclic) bond motifs is 1. The van der Waals surface area contributed by atoms with E-state index >= 15 is 0 Å². The van der Waals surface area contributed by atoms with Crippen molar-refractivity contribution in [2.45, 2.75) is 20.0 Å². The van der Waals surface area contributed by atoms with Gasteiger partial charge in [-0.05, 0) is 49.7 Å². The number of anilines is 1. The van der Waals surface area contributed by atoms with Gasteiger partial charge in [-0.15, -0.1) is 0 Å². The van der Waals surface area contributed by atoms with Gasteiger partial charge in [-0.2, -0.15) is 0 Å². The van der Waals surface area contributed by atoms with Crippen LogP contribution in [0.4, 0.5) is 5.69 Å². The number of esters is 1. The summed E-state index contributed by atoms with van der Waals surface area (Å²) in [5.74, 6) is -0.504. The van der Waals surface area contributed by atoms with Gasteiger partial charge in [0, 0.05) is 16.3 Å². The Morgan fingerprint density at radius 1 is 1.06 bits per heavy atom. The minimum atomic E-state index is -1.00. The molecule has 0 saturated heterocycles. The molecular formula is C24H20ClN3O3. The number of aromatic amines is 1. The zero-order chi connectivity index (χ0) is 22.0. The quantitative estimate of drug-likeness (QED) is 0.414. The molecule has 1 amide bonds. The third-order valence-corrected chi connectivity index (χ3v) is 5.29. The van der Waals surface area contributed by atoms with Crippen molar-refractivity contribution in [2.75, 3.05) is 5.32 Å². The molecule has 1 heterocycles. The molecule has 2 N–H and O–H groups in total. The van der Waals surface area contributed by atoms with Crippen LogP contribution in [0.1, 0.15) is 22.8 Å². The van der Waals surface area contributed by atoms with E-state index in [0.29, 0.717) is 27.7 Å². The monoisotopic (exact) mass is 433 g/mol. The number of aryl methyl sites for hydroxylation is 1. The van der Waals surface area contributed by atoms with E-state index < -0.39 is 18.0 Å². The van der Waals surface area contributed by atoms with Crippen molar-refractivity contribution < 1.29 is 14.3 Å². The Hall–Kier alpha value is -3.64. The van der Waals surface area contributed by atoms with Crippen LogP contribution in [0, 0.1) is 6.92 Å². The average Bonchev–Trinajstić information content (AvgIpc) is 3.20. The number of benzene rings is 3. The lowest BCUT2D eigenvalue weighted by molar-refractivity contribution is -0.123. The number of imidazole rings is 1. The van der Waals surface area contributed by atoms with E-state index in [-0.39, 0.29) is 0 Å². The van der Waals surface area contributed by atoms with Crippen LogP contribution in [0.5, 0.6) is 0 Å². The highest BCUT2D eigenvalue weighted by Crippen LogP contribution is 2.25. The average molecular weight is 434 g/mol. The first kappa shape index (κ1) is 20.6. The molecule has 0 saturated carbocycles. The Labute approximate surface area is 184 Å². The standard InChI is InChI=1S/C24H20ClN3O3/c1-14-11-12-16(13-19(14)25)26-23(29)15(2)31-24(30)18-8-4-3-7-17(18)22-27-20-9-5-6-10-21(20)28-22/h3-13,15H,1-2H3,(H,26,29)(H,27,28). The maximum atomic E-state index is 12.9. The molecule has 0 aliphatic carbocycles. The molecule has 1 aromatic heterocycles. The van der Waals surface area contributed by atoms with Crippen LogP contribution in [-0.4, -0.2) is 27.9 Å². The number of nitrogens with one attached hydrogen (secondary N) is 2. The van der Waals surface area contributed by atoms with Crippen molar-refractivity contribution in [3.8, 4) is 11.4 Å². The highest BCUT2D eigenvalue weighted by atomic mass is 35.5. The number of amides is 1. The zero-order valence-electron chi connectivity index (χ0n) is 17.0. The van der Waals surface area contributed by atoms with Crippen molar-refractivity contribution in [3.05, 3.63) is 82.9 Å². The Bertz CT molecular complexity index is 1250. The van der Waals surface area contributed by atoms with Gasteiger partial charge in [0.25, 0.3) is 5.91 Å². The number of carbonyl (C=O) groups excluding carboxylic acids is 2. The van der Waals surface area contributed by atoms with Gasteiger partial charge < -0.3 is 15.0 Å². The first-order valence-corrected chi connectivity index (χ1v) is 10.1. The third-order valence-electron chi connectivity index (χ3n) is 4.88. The molecule has 0 aliphatic rings. The van der Waals surface area contributed by atoms with Crippen molar-refractivity contribution in [2.24, 2.45) is 0 Å². The number of H-pyrrole nitrogens is 1. The SMILES string of the molecule is Cc1ccc(NC(=O)C(C)OC(=O)c2ccccc2-c2nc3ccccc3[nH]2)cc1Cl. The number of hydrogen-bond acceptors (Lipinski definition) is 4. The molecule has 7 heteroatoms. The van der Waals surface area contributed by atoms with Gasteiger partial charge >= 0.3 is 5.97 Å². The molecule has 1 unspecified atom stereocenters. The number of carbonyl (C=O) groups is 2. The first-order valence-electron chi connectivity index (χ1n) is 9.74. The van der Waals surface area contributed by atoms with Gasteiger partial charge in [0.1, 0.15) is 5.82 Å². The van der Waals surface area contributed by atoms with Crippen molar-refractivity contribution in [3.63, 3.8) is 0 Å². The Balaban J connectivity index is 1.52. The first-order chi connectivity index (χ1) is 14.9.